The summed E-state index contributed by atoms with van der Waals surface area (Å²) in [5.74, 6) is -0.442. The van der Waals surface area contributed by atoms with Gasteiger partial charge in [-0.1, -0.05) is 440 Å². The van der Waals surface area contributed by atoms with Crippen LogP contribution in [0.15, 0.2) is 0 Å². The van der Waals surface area contributed by atoms with Gasteiger partial charge in [0.25, 0.3) is 0 Å². The van der Waals surface area contributed by atoms with E-state index in [1.807, 2.05) is 0 Å². The van der Waals surface area contributed by atoms with Crippen LogP contribution in [0.4, 0.5) is 0 Å². The summed E-state index contributed by atoms with van der Waals surface area (Å²) in [4.78, 5) is 73.4. The first-order valence-electron chi connectivity index (χ1n) is 47.0. The molecule has 0 aromatic carbocycles. The Bertz CT molecular complexity index is 2100. The smallest absolute Gasteiger partial charge is 0.462 e. The lowest BCUT2D eigenvalue weighted by molar-refractivity contribution is -0.161. The number of aliphatic hydroxyl groups is 1. The molecule has 17 nitrogen and oxygen atoms in total. The molecule has 110 heavy (non-hydrogen) atoms. The normalized spacial score (nSPS) is 14.0. The molecular weight excluding hydrogens is 1430 g/mol. The van der Waals surface area contributed by atoms with E-state index in [4.69, 9.17) is 37.0 Å². The van der Waals surface area contributed by atoms with Gasteiger partial charge in [-0.2, -0.15) is 0 Å². The Kier molecular flexibility index (Phi) is 80.7. The molecule has 19 heteroatoms. The highest BCUT2D eigenvalue weighted by Gasteiger charge is 2.31. The summed E-state index contributed by atoms with van der Waals surface area (Å²) in [5, 5.41) is 10.7. The van der Waals surface area contributed by atoms with E-state index >= 15 is 0 Å². The highest BCUT2D eigenvalue weighted by Crippen LogP contribution is 2.45. The molecule has 0 aromatic rings. The van der Waals surface area contributed by atoms with Crippen LogP contribution in [0.2, 0.25) is 0 Å². The fraction of sp³-hybridized carbons (Fsp3) is 0.956. The fourth-order valence-electron chi connectivity index (χ4n) is 14.3. The molecule has 3 N–H and O–H groups in total. The number of unbranched alkanes of at least 4 members (excludes halogenated alkanes) is 59. The summed E-state index contributed by atoms with van der Waals surface area (Å²) >= 11 is 0. The maximum atomic E-state index is 13.2. The van der Waals surface area contributed by atoms with Crippen molar-refractivity contribution in [1.29, 1.82) is 0 Å². The van der Waals surface area contributed by atoms with E-state index in [2.05, 4.69) is 41.5 Å². The molecular formula is C91H178O17P2. The van der Waals surface area contributed by atoms with Gasteiger partial charge in [-0.05, 0) is 37.5 Å². The van der Waals surface area contributed by atoms with Crippen LogP contribution in [0.25, 0.3) is 0 Å². The van der Waals surface area contributed by atoms with Gasteiger partial charge in [0.15, 0.2) is 12.2 Å². The number of carbonyl (C=O) groups excluding carboxylic acids is 4. The number of rotatable bonds is 90. The van der Waals surface area contributed by atoms with E-state index in [0.717, 1.165) is 102 Å². The van der Waals surface area contributed by atoms with Crippen LogP contribution in [0, 0.1) is 11.8 Å². The first kappa shape index (κ1) is 108. The molecule has 0 saturated carbocycles. The largest absolute Gasteiger partial charge is 0.472 e. The molecule has 6 atom stereocenters. The maximum Gasteiger partial charge on any atom is 0.472 e. The summed E-state index contributed by atoms with van der Waals surface area (Å²) in [6.07, 6.45) is 76.3. The molecule has 0 rings (SSSR count). The van der Waals surface area contributed by atoms with Crippen LogP contribution in [-0.4, -0.2) is 96.7 Å². The summed E-state index contributed by atoms with van der Waals surface area (Å²) in [5.41, 5.74) is 0. The minimum atomic E-state index is -4.97. The molecule has 654 valence electrons. The average Bonchev–Trinajstić information content (AvgIpc) is 0.899. The van der Waals surface area contributed by atoms with Crippen LogP contribution < -0.4 is 0 Å². The monoisotopic (exact) mass is 1610 g/mol. The second-order valence-electron chi connectivity index (χ2n) is 33.4. The Morgan fingerprint density at radius 1 is 0.264 bits per heavy atom. The lowest BCUT2D eigenvalue weighted by Gasteiger charge is -2.21. The van der Waals surface area contributed by atoms with Crippen molar-refractivity contribution in [3.05, 3.63) is 0 Å². The first-order valence-corrected chi connectivity index (χ1v) is 50.0. The third-order valence-corrected chi connectivity index (χ3v) is 23.7. The van der Waals surface area contributed by atoms with Crippen molar-refractivity contribution < 1.29 is 80.2 Å². The quantitative estimate of drug-likeness (QED) is 0.0222. The molecule has 0 bridgehead atoms. The molecule has 0 aliphatic carbocycles. The summed E-state index contributed by atoms with van der Waals surface area (Å²) in [6, 6.07) is 0. The lowest BCUT2D eigenvalue weighted by atomic mass is 9.99. The van der Waals surface area contributed by atoms with Crippen molar-refractivity contribution in [3.63, 3.8) is 0 Å². The zero-order chi connectivity index (χ0) is 80.6. The van der Waals surface area contributed by atoms with Crippen molar-refractivity contribution in [3.8, 4) is 0 Å². The second kappa shape index (κ2) is 82.2. The van der Waals surface area contributed by atoms with Crippen LogP contribution in [0.3, 0.4) is 0 Å². The standard InChI is InChI=1S/C91H178O17P2/c1-7-10-12-14-16-18-20-22-23-24-25-26-27-28-29-32-39-45-51-57-63-69-75-90(95)108-87(80-102-89(94)74-68-62-56-50-44-38-33-30-31-36-41-47-53-59-65-71-83(4)5)82-106-110(99,100)104-78-85(92)77-103-109(97,98)105-81-86(79-101-88(93)73-67-61-55-49-43-21-19-17-15-13-11-8-2)107-91(96)76-70-64-58-52-46-40-35-34-37-42-48-54-60-66-72-84(6)9-3/h83-87,92H,7-82H2,1-6H3,(H,97,98)(H,99,100)/t84?,85-,86+,87+/m0/s1. The highest BCUT2D eigenvalue weighted by molar-refractivity contribution is 7.47. The van der Waals surface area contributed by atoms with Gasteiger partial charge < -0.3 is 33.8 Å². The number of ether oxygens (including phenoxy) is 4. The summed E-state index contributed by atoms with van der Waals surface area (Å²) in [6.45, 7) is 9.78. The van der Waals surface area contributed by atoms with Crippen molar-refractivity contribution in [2.24, 2.45) is 11.8 Å². The van der Waals surface area contributed by atoms with Gasteiger partial charge in [-0.25, -0.2) is 9.13 Å². The number of hydrogen-bond donors (Lipinski definition) is 3. The van der Waals surface area contributed by atoms with Crippen molar-refractivity contribution in [2.45, 2.75) is 509 Å². The molecule has 0 saturated heterocycles. The van der Waals surface area contributed by atoms with E-state index in [9.17, 15) is 43.2 Å². The van der Waals surface area contributed by atoms with Crippen molar-refractivity contribution in [1.82, 2.24) is 0 Å². The Morgan fingerprint density at radius 3 is 0.691 bits per heavy atom. The lowest BCUT2D eigenvalue weighted by Crippen LogP contribution is -2.30. The summed E-state index contributed by atoms with van der Waals surface area (Å²) in [7, 11) is -9.94. The van der Waals surface area contributed by atoms with Gasteiger partial charge in [-0.3, -0.25) is 37.3 Å². The van der Waals surface area contributed by atoms with E-state index in [1.54, 1.807) is 0 Å². The minimum Gasteiger partial charge on any atom is -0.462 e. The van der Waals surface area contributed by atoms with Gasteiger partial charge in [0.1, 0.15) is 19.3 Å². The van der Waals surface area contributed by atoms with E-state index in [0.29, 0.717) is 25.7 Å². The van der Waals surface area contributed by atoms with Gasteiger partial charge in [0, 0.05) is 25.7 Å². The van der Waals surface area contributed by atoms with Crippen molar-refractivity contribution >= 4 is 39.5 Å². The number of phosphoric ester groups is 2. The average molecular weight is 1610 g/mol. The third-order valence-electron chi connectivity index (χ3n) is 21.8. The molecule has 0 aromatic heterocycles. The number of hydrogen-bond acceptors (Lipinski definition) is 15. The zero-order valence-electron chi connectivity index (χ0n) is 72.6. The van der Waals surface area contributed by atoms with Gasteiger partial charge in [-0.15, -0.1) is 0 Å². The molecule has 0 heterocycles. The third kappa shape index (κ3) is 82.6. The molecule has 0 radical (unpaired) electrons. The van der Waals surface area contributed by atoms with E-state index in [-0.39, 0.29) is 25.7 Å². The fourth-order valence-corrected chi connectivity index (χ4v) is 15.9. The minimum absolute atomic E-state index is 0.108. The first-order chi connectivity index (χ1) is 53.4. The van der Waals surface area contributed by atoms with E-state index < -0.39 is 97.5 Å². The highest BCUT2D eigenvalue weighted by atomic mass is 31.2. The number of carbonyl (C=O) groups is 4. The number of aliphatic hydroxyl groups excluding tert-OH is 1. The van der Waals surface area contributed by atoms with Gasteiger partial charge in [0.05, 0.1) is 26.4 Å². The Hall–Kier alpha value is -1.94. The predicted octanol–water partition coefficient (Wildman–Crippen LogP) is 28.2. The molecule has 0 fully saturated rings. The summed E-state index contributed by atoms with van der Waals surface area (Å²) < 4.78 is 69.1. The van der Waals surface area contributed by atoms with Gasteiger partial charge in [0.2, 0.25) is 0 Å². The van der Waals surface area contributed by atoms with Crippen LogP contribution in [0.1, 0.15) is 491 Å². The Morgan fingerprint density at radius 2 is 0.464 bits per heavy atom. The SMILES string of the molecule is CCCCCCCCCCCCCCCCCCCCCCCCC(=O)O[C@H](COC(=O)CCCCCCCCCCCCCCCCCC(C)C)COP(=O)(O)OC[C@@H](O)COP(=O)(O)OC[C@@H](COC(=O)CCCCCCCCCCCCCC)OC(=O)CCCCCCCCCCCCCCCCC(C)CC. The molecule has 0 aliphatic rings. The Labute approximate surface area is 677 Å². The molecule has 0 amide bonds. The molecule has 0 spiro atoms. The second-order valence-corrected chi connectivity index (χ2v) is 36.3. The molecule has 0 aliphatic heterocycles. The van der Waals surface area contributed by atoms with Crippen molar-refractivity contribution in [2.75, 3.05) is 39.6 Å². The molecule has 3 unspecified atom stereocenters. The topological polar surface area (TPSA) is 237 Å². The van der Waals surface area contributed by atoms with Gasteiger partial charge >= 0.3 is 39.5 Å². The zero-order valence-corrected chi connectivity index (χ0v) is 74.4. The van der Waals surface area contributed by atoms with Crippen LogP contribution in [0.5, 0.6) is 0 Å². The van der Waals surface area contributed by atoms with Crippen LogP contribution in [-0.2, 0) is 65.4 Å². The maximum absolute atomic E-state index is 13.2. The number of esters is 4. The Balaban J connectivity index is 5.25. The predicted molar refractivity (Wildman–Crippen MR) is 455 cm³/mol. The van der Waals surface area contributed by atoms with Crippen LogP contribution >= 0.6 is 15.6 Å². The van der Waals surface area contributed by atoms with E-state index in [1.165, 1.54) is 308 Å². The number of phosphoric acid groups is 2.